The average Bonchev–Trinajstić information content (AvgIpc) is 2.72. The van der Waals surface area contributed by atoms with E-state index < -0.39 is 34.1 Å². The molecule has 2 fully saturated rings. The smallest absolute Gasteiger partial charge is 0.425 e. The maximum atomic E-state index is 15.1. The molecule has 0 spiro atoms. The number of carbonyl (C=O) groups is 1. The topological polar surface area (TPSA) is 84.9 Å². The lowest BCUT2D eigenvalue weighted by atomic mass is 9.82. The molecule has 0 aromatic heterocycles. The maximum absolute atomic E-state index is 15.1. The fourth-order valence-corrected chi connectivity index (χ4v) is 5.79. The normalized spacial score (nSPS) is 31.5. The number of hydrogen-bond acceptors (Lipinski definition) is 5. The Morgan fingerprint density at radius 3 is 2.55 bits per heavy atom. The molecule has 31 heavy (non-hydrogen) atoms. The van der Waals surface area contributed by atoms with Crippen molar-refractivity contribution >= 4 is 15.9 Å². The third-order valence-electron chi connectivity index (χ3n) is 6.43. The lowest BCUT2D eigenvalue weighted by Crippen LogP contribution is -2.62. The van der Waals surface area contributed by atoms with E-state index in [1.54, 1.807) is 18.2 Å². The average molecular weight is 459 g/mol. The number of alkyl halides is 2. The highest BCUT2D eigenvalue weighted by atomic mass is 32.2. The van der Waals surface area contributed by atoms with E-state index in [1.165, 1.54) is 6.07 Å². The molecular formula is C21H28F2N2O5S. The van der Waals surface area contributed by atoms with E-state index in [0.29, 0.717) is 18.4 Å². The number of halogens is 2. The summed E-state index contributed by atoms with van der Waals surface area (Å²) in [5.74, 6) is -1.39. The molecule has 1 unspecified atom stereocenters. The second-order valence-electron chi connectivity index (χ2n) is 8.67. The number of benzene rings is 1. The van der Waals surface area contributed by atoms with Gasteiger partial charge in [0.15, 0.2) is 0 Å². The number of carbonyl (C=O) groups excluding carboxylic acids is 1. The van der Waals surface area contributed by atoms with Crippen molar-refractivity contribution in [3.8, 4) is 5.75 Å². The lowest BCUT2D eigenvalue weighted by molar-refractivity contribution is -0.208. The highest BCUT2D eigenvalue weighted by Crippen LogP contribution is 2.40. The number of ether oxygens (including phenoxy) is 2. The van der Waals surface area contributed by atoms with Gasteiger partial charge < -0.3 is 14.4 Å². The van der Waals surface area contributed by atoms with E-state index in [4.69, 9.17) is 9.47 Å². The van der Waals surface area contributed by atoms with Gasteiger partial charge in [0.05, 0.1) is 25.0 Å². The number of hydrogen-bond donors (Lipinski definition) is 1. The van der Waals surface area contributed by atoms with Gasteiger partial charge in [0.2, 0.25) is 10.0 Å². The van der Waals surface area contributed by atoms with E-state index in [2.05, 4.69) is 4.72 Å². The summed E-state index contributed by atoms with van der Waals surface area (Å²) in [6.07, 6.45) is 0.787. The number of piperidine rings is 1. The molecule has 2 bridgehead atoms. The van der Waals surface area contributed by atoms with Gasteiger partial charge in [-0.1, -0.05) is 18.2 Å². The van der Waals surface area contributed by atoms with Crippen LogP contribution in [-0.2, 0) is 19.6 Å². The minimum atomic E-state index is -4.08. The fraction of sp³-hybridized carbons (Fsp3) is 0.667. The second-order valence-corrected chi connectivity index (χ2v) is 10.4. The summed E-state index contributed by atoms with van der Waals surface area (Å²) < 4.78 is 67.4. The molecule has 4 aliphatic rings. The molecule has 172 valence electrons. The highest BCUT2D eigenvalue weighted by molar-refractivity contribution is 7.88. The molecule has 10 heteroatoms. The van der Waals surface area contributed by atoms with Gasteiger partial charge in [0.1, 0.15) is 5.75 Å². The van der Waals surface area contributed by atoms with Crippen molar-refractivity contribution in [3.63, 3.8) is 0 Å². The van der Waals surface area contributed by atoms with Crippen molar-refractivity contribution in [3.05, 3.63) is 29.8 Å². The summed E-state index contributed by atoms with van der Waals surface area (Å²) >= 11 is 0. The summed E-state index contributed by atoms with van der Waals surface area (Å²) in [7, 11) is -3.59. The van der Waals surface area contributed by atoms with Crippen LogP contribution in [0.5, 0.6) is 5.75 Å². The summed E-state index contributed by atoms with van der Waals surface area (Å²) in [5, 5.41) is 0. The van der Waals surface area contributed by atoms with Crippen LogP contribution in [0, 0.1) is 0 Å². The number of nitrogens with zero attached hydrogens (tertiary/aromatic N) is 1. The van der Waals surface area contributed by atoms with Crippen LogP contribution >= 0.6 is 0 Å². The second kappa shape index (κ2) is 8.63. The lowest BCUT2D eigenvalue weighted by Gasteiger charge is -2.42. The van der Waals surface area contributed by atoms with Crippen molar-refractivity contribution in [2.75, 3.05) is 19.4 Å². The van der Waals surface area contributed by atoms with Gasteiger partial charge in [-0.05, 0) is 56.1 Å². The van der Waals surface area contributed by atoms with Crippen LogP contribution in [0.2, 0.25) is 0 Å². The largest absolute Gasteiger partial charge is 0.482 e. The molecule has 3 heterocycles. The number of para-hydroxylation sites is 1. The Hall–Kier alpha value is -1.78. The molecule has 1 amide bonds. The van der Waals surface area contributed by atoms with Crippen molar-refractivity contribution in [2.24, 2.45) is 0 Å². The number of rotatable bonds is 2. The first-order valence-corrected chi connectivity index (χ1v) is 12.6. The van der Waals surface area contributed by atoms with Crippen molar-refractivity contribution < 1.29 is 31.5 Å². The molecular weight excluding hydrogens is 430 g/mol. The molecule has 1 aromatic carbocycles. The fourth-order valence-electron chi connectivity index (χ4n) is 4.96. The first-order chi connectivity index (χ1) is 14.6. The Bertz CT molecular complexity index is 918. The van der Waals surface area contributed by atoms with Gasteiger partial charge in [0.25, 0.3) is 0 Å². The van der Waals surface area contributed by atoms with Crippen LogP contribution in [0.3, 0.4) is 0 Å². The van der Waals surface area contributed by atoms with Crippen LogP contribution in [0.15, 0.2) is 24.3 Å². The predicted molar refractivity (Wildman–Crippen MR) is 109 cm³/mol. The van der Waals surface area contributed by atoms with Crippen LogP contribution in [0.4, 0.5) is 8.78 Å². The van der Waals surface area contributed by atoms with Gasteiger partial charge in [-0.15, -0.1) is 0 Å². The minimum Gasteiger partial charge on any atom is -0.425 e. The standard InChI is InChI=1S/C21H28F2N2O5S/c1-31(27,28)24-17-6-4-12-25-18(17)13-29-15-10-8-14(9-11-15)16-5-2-3-7-19(16)30-21(22,23)20(25)26/h2-3,5,7,14-15,17-18,24H,4,6,8-13H2,1H3/t14?,15?,17?,18-/m0/s1. The third-order valence-corrected chi connectivity index (χ3v) is 7.16. The zero-order valence-corrected chi connectivity index (χ0v) is 18.2. The number of fused-ring (bicyclic) bond motifs is 5. The van der Waals surface area contributed by atoms with Crippen molar-refractivity contribution in [1.29, 1.82) is 0 Å². The Labute approximate surface area is 181 Å². The van der Waals surface area contributed by atoms with Crippen LogP contribution in [0.25, 0.3) is 0 Å². The molecule has 1 aliphatic carbocycles. The van der Waals surface area contributed by atoms with Gasteiger partial charge in [-0.25, -0.2) is 13.1 Å². The van der Waals surface area contributed by atoms with E-state index >= 15 is 8.78 Å². The number of nitrogens with one attached hydrogen (secondary N) is 1. The maximum Gasteiger partial charge on any atom is 0.482 e. The summed E-state index contributed by atoms with van der Waals surface area (Å²) in [6, 6.07) is 5.11. The first-order valence-electron chi connectivity index (χ1n) is 10.7. The number of amides is 1. The SMILES string of the molecule is CS(=O)(=O)NC1CCCN2C(=O)C(F)(F)Oc3ccccc3C3CCC(CC3)OC[C@@H]12. The molecule has 1 N–H and O–H groups in total. The molecule has 3 aliphatic heterocycles. The molecule has 2 atom stereocenters. The molecule has 0 radical (unpaired) electrons. The Morgan fingerprint density at radius 1 is 1.13 bits per heavy atom. The Balaban J connectivity index is 1.70. The predicted octanol–water partition coefficient (Wildman–Crippen LogP) is 2.62. The van der Waals surface area contributed by atoms with Gasteiger partial charge in [-0.2, -0.15) is 8.78 Å². The highest BCUT2D eigenvalue weighted by Gasteiger charge is 2.50. The van der Waals surface area contributed by atoms with Gasteiger partial charge >= 0.3 is 12.0 Å². The summed E-state index contributed by atoms with van der Waals surface area (Å²) in [6.45, 7) is 0.0833. The molecule has 1 saturated heterocycles. The van der Waals surface area contributed by atoms with E-state index in [-0.39, 0.29) is 30.9 Å². The summed E-state index contributed by atoms with van der Waals surface area (Å²) in [4.78, 5) is 13.9. The molecule has 1 saturated carbocycles. The molecule has 1 aromatic rings. The first kappa shape index (κ1) is 22.4. The Kier molecular flexibility index (Phi) is 6.24. The van der Waals surface area contributed by atoms with Crippen molar-refractivity contribution in [1.82, 2.24) is 9.62 Å². The van der Waals surface area contributed by atoms with E-state index in [0.717, 1.165) is 36.8 Å². The minimum absolute atomic E-state index is 0.00269. The zero-order valence-electron chi connectivity index (χ0n) is 17.4. The molecule has 5 rings (SSSR count). The van der Waals surface area contributed by atoms with Crippen LogP contribution in [0.1, 0.15) is 50.0 Å². The van der Waals surface area contributed by atoms with E-state index in [9.17, 15) is 13.2 Å². The van der Waals surface area contributed by atoms with Crippen LogP contribution < -0.4 is 9.46 Å². The van der Waals surface area contributed by atoms with Crippen molar-refractivity contribution in [2.45, 2.75) is 68.7 Å². The van der Waals surface area contributed by atoms with Gasteiger partial charge in [0, 0.05) is 12.6 Å². The summed E-state index contributed by atoms with van der Waals surface area (Å²) in [5.41, 5.74) is 0.680. The quantitative estimate of drug-likeness (QED) is 0.737. The Morgan fingerprint density at radius 2 is 1.84 bits per heavy atom. The molecule has 7 nitrogen and oxygen atoms in total. The zero-order chi connectivity index (χ0) is 22.2. The monoisotopic (exact) mass is 458 g/mol. The van der Waals surface area contributed by atoms with E-state index in [1.807, 2.05) is 0 Å². The van der Waals surface area contributed by atoms with Gasteiger partial charge in [-0.3, -0.25) is 4.79 Å². The van der Waals surface area contributed by atoms with Crippen LogP contribution in [-0.4, -0.2) is 62.9 Å². The third kappa shape index (κ3) is 5.01. The number of sulfonamides is 1.